The van der Waals surface area contributed by atoms with Crippen LogP contribution in [-0.4, -0.2) is 13.7 Å². The highest BCUT2D eigenvalue weighted by Crippen LogP contribution is 1.81. The van der Waals surface area contributed by atoms with E-state index in [2.05, 4.69) is 25.5 Å². The van der Waals surface area contributed by atoms with Crippen LogP contribution < -0.4 is 0 Å². The molecule has 1 heteroatoms. The first-order valence-electron chi connectivity index (χ1n) is 4.14. The van der Waals surface area contributed by atoms with Crippen molar-refractivity contribution in [2.45, 2.75) is 41.5 Å². The fourth-order valence-electron chi connectivity index (χ4n) is 0. The molecule has 0 atom stereocenters. The lowest BCUT2D eigenvalue weighted by atomic mass is 10.3. The third-order valence-electron chi connectivity index (χ3n) is 0.289. The Morgan fingerprint density at radius 3 is 1.20 bits per heavy atom. The molecule has 0 aliphatic rings. The zero-order chi connectivity index (χ0) is 8.99. The van der Waals surface area contributed by atoms with E-state index in [0.717, 1.165) is 12.5 Å². The van der Waals surface area contributed by atoms with Crippen molar-refractivity contribution in [3.8, 4) is 0 Å². The second-order valence-electron chi connectivity index (χ2n) is 2.31. The van der Waals surface area contributed by atoms with Crippen molar-refractivity contribution in [3.05, 3.63) is 0 Å². The van der Waals surface area contributed by atoms with Gasteiger partial charge in [0.2, 0.25) is 0 Å². The van der Waals surface area contributed by atoms with E-state index in [1.165, 1.54) is 0 Å². The van der Waals surface area contributed by atoms with Gasteiger partial charge in [0, 0.05) is 13.7 Å². The molecule has 0 heterocycles. The topological polar surface area (TPSA) is 9.23 Å². The van der Waals surface area contributed by atoms with E-state index in [1.54, 1.807) is 7.11 Å². The van der Waals surface area contributed by atoms with Crippen LogP contribution >= 0.6 is 0 Å². The highest BCUT2D eigenvalue weighted by atomic mass is 16.5. The quantitative estimate of drug-likeness (QED) is 0.554. The van der Waals surface area contributed by atoms with E-state index in [9.17, 15) is 0 Å². The molecule has 0 N–H and O–H groups in total. The lowest BCUT2D eigenvalue weighted by molar-refractivity contribution is 0.215. The summed E-state index contributed by atoms with van der Waals surface area (Å²) in [5.41, 5.74) is 0. The third-order valence-corrected chi connectivity index (χ3v) is 0.289. The Kier molecular flexibility index (Phi) is 38.1. The molecule has 0 fully saturated rings. The molecule has 0 unspecified atom stereocenters. The average Bonchev–Trinajstić information content (AvgIpc) is 1.91. The van der Waals surface area contributed by atoms with E-state index in [0.29, 0.717) is 0 Å². The van der Waals surface area contributed by atoms with Crippen LogP contribution in [0.3, 0.4) is 0 Å². The molecular weight excluding hydrogens is 124 g/mol. The second-order valence-corrected chi connectivity index (χ2v) is 2.31. The summed E-state index contributed by atoms with van der Waals surface area (Å²) in [5, 5.41) is 0. The molecule has 66 valence electrons. The smallest absolute Gasteiger partial charge is 0.0433 e. The zero-order valence-corrected chi connectivity index (χ0v) is 8.69. The van der Waals surface area contributed by atoms with Crippen LogP contribution in [0.2, 0.25) is 0 Å². The minimum atomic E-state index is 0.819. The maximum absolute atomic E-state index is 4.54. The molecule has 0 saturated carbocycles. The Labute approximate surface area is 66.8 Å². The molecule has 0 aromatic rings. The average molecular weight is 148 g/mol. The molecule has 0 saturated heterocycles. The molecule has 0 aliphatic heterocycles. The number of hydrogen-bond donors (Lipinski definition) is 0. The van der Waals surface area contributed by atoms with Crippen LogP contribution in [0.25, 0.3) is 0 Å². The molecule has 0 aromatic heterocycles. The summed E-state index contributed by atoms with van der Waals surface area (Å²) in [5.74, 6) is 0.833. The van der Waals surface area contributed by atoms with Crippen molar-refractivity contribution in [2.75, 3.05) is 13.7 Å². The Hall–Kier alpha value is -0.0400. The van der Waals surface area contributed by atoms with Crippen molar-refractivity contribution >= 4 is 0 Å². The molecule has 10 heavy (non-hydrogen) atoms. The Bertz CT molecular complexity index is 21.2. The summed E-state index contributed by atoms with van der Waals surface area (Å²) < 4.78 is 4.54. The fraction of sp³-hybridized carbons (Fsp3) is 1.00. The maximum Gasteiger partial charge on any atom is 0.0433 e. The zero-order valence-electron chi connectivity index (χ0n) is 8.69. The van der Waals surface area contributed by atoms with Crippen LogP contribution in [0.15, 0.2) is 0 Å². The van der Waals surface area contributed by atoms with E-state index in [-0.39, 0.29) is 0 Å². The summed E-state index contributed by atoms with van der Waals surface area (Å²) in [6.45, 7) is 13.3. The third kappa shape index (κ3) is 418. The number of methoxy groups -OCH3 is 1. The number of hydrogen-bond acceptors (Lipinski definition) is 1. The van der Waals surface area contributed by atoms with Crippen molar-refractivity contribution in [1.82, 2.24) is 0 Å². The Balaban J connectivity index is -0.0000000787. The highest BCUT2D eigenvalue weighted by molar-refractivity contribution is 4.20. The van der Waals surface area contributed by atoms with Crippen LogP contribution in [0.5, 0.6) is 0 Å². The highest BCUT2D eigenvalue weighted by Gasteiger charge is 1.68. The summed E-state index contributed by atoms with van der Waals surface area (Å²) in [4.78, 5) is 0. The van der Waals surface area contributed by atoms with Crippen molar-refractivity contribution < 1.29 is 4.74 Å². The van der Waals surface area contributed by atoms with Crippen molar-refractivity contribution in [3.63, 3.8) is 0 Å². The van der Waals surface area contributed by atoms with Gasteiger partial charge >= 0.3 is 0 Å². The molecule has 0 rings (SSSR count). The van der Waals surface area contributed by atoms with Gasteiger partial charge in [0.05, 0.1) is 0 Å². The maximum atomic E-state index is 4.54. The van der Waals surface area contributed by atoms with Crippen LogP contribution in [0.1, 0.15) is 41.5 Å². The molecule has 1 nitrogen and oxygen atoms in total. The molecule has 0 bridgehead atoms. The van der Waals surface area contributed by atoms with Crippen LogP contribution in [-0.2, 0) is 4.74 Å². The Morgan fingerprint density at radius 2 is 1.20 bits per heavy atom. The van der Waals surface area contributed by atoms with E-state index >= 15 is 0 Å². The molecule has 0 aromatic carbocycles. The summed E-state index contributed by atoms with van der Waals surface area (Å²) in [6, 6.07) is 0. The minimum Gasteiger partial charge on any atom is -0.385 e. The SMILES string of the molecule is CC.CC(C)C.CCOC. The molecular formula is C9H24O. The van der Waals surface area contributed by atoms with E-state index in [1.807, 2.05) is 20.8 Å². The second kappa shape index (κ2) is 23.1. The monoisotopic (exact) mass is 148 g/mol. The summed E-state index contributed by atoms with van der Waals surface area (Å²) in [7, 11) is 1.68. The minimum absolute atomic E-state index is 0.819. The largest absolute Gasteiger partial charge is 0.385 e. The number of ether oxygens (including phenoxy) is 1. The van der Waals surface area contributed by atoms with Crippen LogP contribution in [0, 0.1) is 5.92 Å². The first-order chi connectivity index (χ1) is 4.65. The van der Waals surface area contributed by atoms with Crippen molar-refractivity contribution in [2.24, 2.45) is 5.92 Å². The molecule has 0 spiro atoms. The Morgan fingerprint density at radius 1 is 1.10 bits per heavy atom. The first-order valence-corrected chi connectivity index (χ1v) is 4.14. The molecule has 0 amide bonds. The van der Waals surface area contributed by atoms with Gasteiger partial charge < -0.3 is 4.74 Å². The predicted molar refractivity (Wildman–Crippen MR) is 49.4 cm³/mol. The van der Waals surface area contributed by atoms with Gasteiger partial charge in [0.15, 0.2) is 0 Å². The van der Waals surface area contributed by atoms with Crippen LogP contribution in [0.4, 0.5) is 0 Å². The number of rotatable bonds is 1. The lowest BCUT2D eigenvalue weighted by Gasteiger charge is -1.79. The summed E-state index contributed by atoms with van der Waals surface area (Å²) in [6.07, 6.45) is 0. The summed E-state index contributed by atoms with van der Waals surface area (Å²) >= 11 is 0. The van der Waals surface area contributed by atoms with E-state index < -0.39 is 0 Å². The lowest BCUT2D eigenvalue weighted by Crippen LogP contribution is -1.73. The van der Waals surface area contributed by atoms with Gasteiger partial charge in [-0.15, -0.1) is 0 Å². The van der Waals surface area contributed by atoms with Gasteiger partial charge in [0.1, 0.15) is 0 Å². The molecule has 0 radical (unpaired) electrons. The standard InChI is InChI=1S/C4H10.C3H8O.C2H6/c1-4(2)3;1-3-4-2;1-2/h4H,1-3H3;3H2,1-2H3;1-2H3. The van der Waals surface area contributed by atoms with Gasteiger partial charge in [-0.1, -0.05) is 34.6 Å². The normalized spacial score (nSPS) is 7.20. The fourth-order valence-corrected chi connectivity index (χ4v) is 0. The molecule has 0 aliphatic carbocycles. The van der Waals surface area contributed by atoms with Crippen molar-refractivity contribution in [1.29, 1.82) is 0 Å². The predicted octanol–water partition coefficient (Wildman–Crippen LogP) is 3.34. The first kappa shape index (κ1) is 16.5. The van der Waals surface area contributed by atoms with Gasteiger partial charge in [-0.25, -0.2) is 0 Å². The van der Waals surface area contributed by atoms with E-state index in [4.69, 9.17) is 0 Å². The van der Waals surface area contributed by atoms with Gasteiger partial charge in [-0.2, -0.15) is 0 Å². The van der Waals surface area contributed by atoms with Gasteiger partial charge in [0.25, 0.3) is 0 Å². The van der Waals surface area contributed by atoms with Gasteiger partial charge in [-0.3, -0.25) is 0 Å². The van der Waals surface area contributed by atoms with Gasteiger partial charge in [-0.05, 0) is 12.8 Å².